The van der Waals surface area contributed by atoms with Crippen LogP contribution in [0.5, 0.6) is 0 Å². The molecule has 12 nitrogen and oxygen atoms in total. The van der Waals surface area contributed by atoms with Crippen LogP contribution >= 0.6 is 0 Å². The molecule has 1 aliphatic rings. The molecule has 0 aromatic heterocycles. The van der Waals surface area contributed by atoms with Crippen molar-refractivity contribution in [2.75, 3.05) is 6.61 Å². The Morgan fingerprint density at radius 2 is 1.90 bits per heavy atom. The van der Waals surface area contributed by atoms with E-state index < -0.39 is 67.3 Å². The quantitative estimate of drug-likeness (QED) is 0.256. The summed E-state index contributed by atoms with van der Waals surface area (Å²) in [4.78, 5) is 35.5. The number of aliphatic hydroxyl groups excluding tert-OH is 4. The molecule has 12 heteroatoms. The summed E-state index contributed by atoms with van der Waals surface area (Å²) in [7, 11) is 0. The third kappa shape index (κ3) is 6.12. The van der Waals surface area contributed by atoms with Gasteiger partial charge < -0.3 is 45.1 Å². The second-order valence-corrected chi connectivity index (χ2v) is 7.01. The Balaban J connectivity index is 2.23. The number of carboxylic acid groups (broad SMARTS) is 1. The van der Waals surface area contributed by atoms with Gasteiger partial charge in [0.2, 0.25) is 5.91 Å². The number of aliphatic hydroxyl groups is 4. The minimum atomic E-state index is -2.79. The Morgan fingerprint density at radius 3 is 2.45 bits per heavy atom. The van der Waals surface area contributed by atoms with Gasteiger partial charge in [-0.15, -0.1) is 0 Å². The minimum Gasteiger partial charge on any atom is -0.476 e. The first kappa shape index (κ1) is 24.5. The molecule has 1 heterocycles. The molecule has 1 aromatic rings. The standard InChI is InChI=1S/C19H25NO11/c1-10(22)20-14-12(23)7-19(17(26)27,30-16(14)15(25)13(24)8-21)31-18(28)29-9-11-5-3-2-4-6-11/h2-6,12-16,21,23-25H,7-9H2,1H3,(H,20,22)(H,26,27)/t12-,13+,14+,15+,16+,19+/m0/s1. The Kier molecular flexibility index (Phi) is 8.30. The molecule has 1 aliphatic heterocycles. The van der Waals surface area contributed by atoms with Gasteiger partial charge in [0, 0.05) is 6.92 Å². The number of aliphatic carboxylic acids is 1. The van der Waals surface area contributed by atoms with Crippen LogP contribution in [-0.2, 0) is 30.4 Å². The maximum Gasteiger partial charge on any atom is 0.511 e. The van der Waals surface area contributed by atoms with Gasteiger partial charge in [-0.05, 0) is 5.56 Å². The lowest BCUT2D eigenvalue weighted by Crippen LogP contribution is -2.68. The van der Waals surface area contributed by atoms with Gasteiger partial charge in [-0.25, -0.2) is 9.59 Å². The topological polar surface area (TPSA) is 192 Å². The van der Waals surface area contributed by atoms with Crippen molar-refractivity contribution in [3.8, 4) is 0 Å². The van der Waals surface area contributed by atoms with E-state index in [2.05, 4.69) is 5.32 Å². The summed E-state index contributed by atoms with van der Waals surface area (Å²) in [5.41, 5.74) is 0.596. The van der Waals surface area contributed by atoms with Crippen LogP contribution in [0.15, 0.2) is 30.3 Å². The Hall–Kier alpha value is -2.77. The van der Waals surface area contributed by atoms with E-state index in [4.69, 9.17) is 19.3 Å². The summed E-state index contributed by atoms with van der Waals surface area (Å²) >= 11 is 0. The second-order valence-electron chi connectivity index (χ2n) is 7.01. The van der Waals surface area contributed by atoms with E-state index in [-0.39, 0.29) is 6.61 Å². The van der Waals surface area contributed by atoms with Gasteiger partial charge in [0.1, 0.15) is 24.9 Å². The van der Waals surface area contributed by atoms with Crippen molar-refractivity contribution in [1.82, 2.24) is 5.32 Å². The first-order chi connectivity index (χ1) is 14.6. The number of ether oxygens (including phenoxy) is 3. The van der Waals surface area contributed by atoms with E-state index in [0.29, 0.717) is 5.56 Å². The molecule has 2 rings (SSSR count). The zero-order valence-electron chi connectivity index (χ0n) is 16.6. The molecule has 0 bridgehead atoms. The zero-order valence-corrected chi connectivity index (χ0v) is 16.6. The number of benzene rings is 1. The maximum absolute atomic E-state index is 12.1. The molecule has 1 aromatic carbocycles. The number of carboxylic acids is 1. The summed E-state index contributed by atoms with van der Waals surface area (Å²) in [5.74, 6) is -5.25. The molecule has 1 fully saturated rings. The molecule has 0 unspecified atom stereocenters. The van der Waals surface area contributed by atoms with Gasteiger partial charge in [-0.1, -0.05) is 30.3 Å². The molecule has 6 atom stereocenters. The highest BCUT2D eigenvalue weighted by Crippen LogP contribution is 2.34. The number of hydrogen-bond donors (Lipinski definition) is 6. The number of carbonyl (C=O) groups excluding carboxylic acids is 2. The lowest BCUT2D eigenvalue weighted by atomic mass is 9.88. The highest BCUT2D eigenvalue weighted by atomic mass is 16.8. The number of carbonyl (C=O) groups is 3. The predicted octanol–water partition coefficient (Wildman–Crippen LogP) is -1.51. The van der Waals surface area contributed by atoms with Crippen LogP contribution in [0.25, 0.3) is 0 Å². The fourth-order valence-corrected chi connectivity index (χ4v) is 3.11. The fraction of sp³-hybridized carbons (Fsp3) is 0.526. The molecule has 0 aliphatic carbocycles. The average Bonchev–Trinajstić information content (AvgIpc) is 2.73. The van der Waals surface area contributed by atoms with Crippen molar-refractivity contribution in [2.45, 2.75) is 56.2 Å². The summed E-state index contributed by atoms with van der Waals surface area (Å²) < 4.78 is 15.1. The Morgan fingerprint density at radius 1 is 1.26 bits per heavy atom. The summed E-state index contributed by atoms with van der Waals surface area (Å²) in [6, 6.07) is 7.08. The van der Waals surface area contributed by atoms with Crippen LogP contribution in [0.3, 0.4) is 0 Å². The van der Waals surface area contributed by atoms with Gasteiger partial charge in [0.05, 0.1) is 25.2 Å². The molecule has 31 heavy (non-hydrogen) atoms. The number of amides is 1. The van der Waals surface area contributed by atoms with Crippen LogP contribution in [0, 0.1) is 0 Å². The minimum absolute atomic E-state index is 0.234. The van der Waals surface area contributed by atoms with E-state index in [1.807, 2.05) is 0 Å². The lowest BCUT2D eigenvalue weighted by Gasteiger charge is -2.45. The number of rotatable bonds is 8. The summed E-state index contributed by atoms with van der Waals surface area (Å²) in [5, 5.41) is 51.5. The molecule has 1 saturated heterocycles. The van der Waals surface area contributed by atoms with E-state index >= 15 is 0 Å². The van der Waals surface area contributed by atoms with E-state index in [1.54, 1.807) is 30.3 Å². The molecular formula is C19H25NO11. The third-order valence-electron chi connectivity index (χ3n) is 4.63. The summed E-state index contributed by atoms with van der Waals surface area (Å²) in [6.45, 7) is -0.0547. The molecule has 0 spiro atoms. The monoisotopic (exact) mass is 443 g/mol. The molecule has 172 valence electrons. The van der Waals surface area contributed by atoms with E-state index in [1.165, 1.54) is 0 Å². The van der Waals surface area contributed by atoms with Crippen molar-refractivity contribution >= 4 is 18.0 Å². The molecule has 1 amide bonds. The first-order valence-electron chi connectivity index (χ1n) is 9.32. The maximum atomic E-state index is 12.1. The lowest BCUT2D eigenvalue weighted by molar-refractivity contribution is -0.297. The summed E-state index contributed by atoms with van der Waals surface area (Å²) in [6.07, 6.45) is -9.41. The Bertz CT molecular complexity index is 773. The smallest absolute Gasteiger partial charge is 0.476 e. The zero-order chi connectivity index (χ0) is 23.2. The van der Waals surface area contributed by atoms with E-state index in [0.717, 1.165) is 6.92 Å². The second kappa shape index (κ2) is 10.5. The number of hydrogen-bond acceptors (Lipinski definition) is 10. The van der Waals surface area contributed by atoms with Gasteiger partial charge in [0.25, 0.3) is 0 Å². The van der Waals surface area contributed by atoms with Crippen LogP contribution in [0.2, 0.25) is 0 Å². The van der Waals surface area contributed by atoms with E-state index in [9.17, 15) is 34.8 Å². The third-order valence-corrected chi connectivity index (χ3v) is 4.63. The van der Waals surface area contributed by atoms with Crippen molar-refractivity contribution in [3.63, 3.8) is 0 Å². The van der Waals surface area contributed by atoms with Crippen molar-refractivity contribution in [3.05, 3.63) is 35.9 Å². The van der Waals surface area contributed by atoms with Gasteiger partial charge in [0.15, 0.2) is 0 Å². The highest BCUT2D eigenvalue weighted by Gasteiger charge is 2.57. The van der Waals surface area contributed by atoms with Gasteiger partial charge in [-0.3, -0.25) is 4.79 Å². The first-order valence-corrected chi connectivity index (χ1v) is 9.32. The molecule has 6 N–H and O–H groups in total. The Labute approximate surface area is 177 Å². The SMILES string of the molecule is CC(=O)N[C@H]1[C@H]([C@H](O)[C@H](O)CO)O[C@](OC(=O)OCc2ccccc2)(C(=O)O)C[C@@H]1O. The van der Waals surface area contributed by atoms with Crippen LogP contribution in [0.4, 0.5) is 4.79 Å². The van der Waals surface area contributed by atoms with Crippen molar-refractivity contribution in [1.29, 1.82) is 0 Å². The fourth-order valence-electron chi connectivity index (χ4n) is 3.11. The van der Waals surface area contributed by atoms with Crippen LogP contribution < -0.4 is 5.32 Å². The van der Waals surface area contributed by atoms with Crippen LogP contribution in [0.1, 0.15) is 18.9 Å². The van der Waals surface area contributed by atoms with Gasteiger partial charge >= 0.3 is 17.9 Å². The largest absolute Gasteiger partial charge is 0.511 e. The normalized spacial score (nSPS) is 27.6. The van der Waals surface area contributed by atoms with Gasteiger partial charge in [-0.2, -0.15) is 0 Å². The van der Waals surface area contributed by atoms with Crippen molar-refractivity contribution < 1.29 is 54.1 Å². The van der Waals surface area contributed by atoms with Crippen LogP contribution in [-0.4, -0.2) is 86.4 Å². The molecule has 0 radical (unpaired) electrons. The molecular weight excluding hydrogens is 418 g/mol. The predicted molar refractivity (Wildman–Crippen MR) is 100 cm³/mol. The number of nitrogens with one attached hydrogen (secondary N) is 1. The van der Waals surface area contributed by atoms with Crippen molar-refractivity contribution in [2.24, 2.45) is 0 Å². The average molecular weight is 443 g/mol. The highest BCUT2D eigenvalue weighted by molar-refractivity contribution is 5.79. The molecule has 0 saturated carbocycles.